The fourth-order valence-electron chi connectivity index (χ4n) is 4.46. The molecule has 5 rings (SSSR count). The van der Waals surface area contributed by atoms with Crippen molar-refractivity contribution < 1.29 is 42.7 Å². The number of hydrogen-bond acceptors (Lipinski definition) is 9. The standard InChI is InChI=1S/C29H28O9/c1-32-21-15-13-20(14-16-21)28-34-17-22-23(38-28)24(36-26(30)18-9-5-3-6-10-18)25(29(33-2)35-22)37-27(31)19-11-7-4-8-12-19/h3-16,22-25,28-29H,17H2,1-2H3/t22?,23-,24+,25?,28?,29-/m0/s1. The average Bonchev–Trinajstić information content (AvgIpc) is 2.98. The van der Waals surface area contributed by atoms with Crippen LogP contribution in [0, 0.1) is 0 Å². The van der Waals surface area contributed by atoms with E-state index in [1.54, 1.807) is 79.9 Å². The highest BCUT2D eigenvalue weighted by Gasteiger charge is 2.54. The van der Waals surface area contributed by atoms with Crippen LogP contribution >= 0.6 is 0 Å². The molecule has 6 atom stereocenters. The number of rotatable bonds is 7. The second kappa shape index (κ2) is 11.7. The van der Waals surface area contributed by atoms with E-state index in [4.69, 9.17) is 33.2 Å². The normalized spacial score (nSPS) is 26.6. The summed E-state index contributed by atoms with van der Waals surface area (Å²) in [4.78, 5) is 26.2. The Balaban J connectivity index is 1.45. The van der Waals surface area contributed by atoms with E-state index in [2.05, 4.69) is 0 Å². The topological polar surface area (TPSA) is 98.8 Å². The first-order chi connectivity index (χ1) is 18.6. The lowest BCUT2D eigenvalue weighted by molar-refractivity contribution is -0.356. The Bertz CT molecular complexity index is 1220. The van der Waals surface area contributed by atoms with Crippen molar-refractivity contribution in [1.82, 2.24) is 0 Å². The van der Waals surface area contributed by atoms with Crippen LogP contribution in [0.4, 0.5) is 0 Å². The summed E-state index contributed by atoms with van der Waals surface area (Å²) in [5, 5.41) is 0. The van der Waals surface area contributed by atoms with Gasteiger partial charge in [-0.05, 0) is 36.4 Å². The molecule has 2 saturated heterocycles. The Labute approximate surface area is 220 Å². The van der Waals surface area contributed by atoms with E-state index in [0.717, 1.165) is 5.56 Å². The summed E-state index contributed by atoms with van der Waals surface area (Å²) in [6.07, 6.45) is -5.42. The number of carbonyl (C=O) groups excluding carboxylic acids is 2. The van der Waals surface area contributed by atoms with Crippen molar-refractivity contribution in [3.63, 3.8) is 0 Å². The van der Waals surface area contributed by atoms with Crippen LogP contribution in [0.1, 0.15) is 32.6 Å². The van der Waals surface area contributed by atoms with Crippen molar-refractivity contribution >= 4 is 11.9 Å². The second-order valence-electron chi connectivity index (χ2n) is 8.79. The van der Waals surface area contributed by atoms with E-state index in [1.807, 2.05) is 12.1 Å². The maximum absolute atomic E-state index is 13.2. The van der Waals surface area contributed by atoms with Gasteiger partial charge in [0.25, 0.3) is 0 Å². The minimum Gasteiger partial charge on any atom is -0.497 e. The lowest BCUT2D eigenvalue weighted by atomic mass is 9.97. The van der Waals surface area contributed by atoms with Gasteiger partial charge in [0.15, 0.2) is 24.8 Å². The molecule has 38 heavy (non-hydrogen) atoms. The molecule has 0 spiro atoms. The van der Waals surface area contributed by atoms with Crippen molar-refractivity contribution in [3.05, 3.63) is 102 Å². The molecule has 3 aromatic carbocycles. The quantitative estimate of drug-likeness (QED) is 0.429. The number of fused-ring (bicyclic) bond motifs is 1. The molecule has 198 valence electrons. The first-order valence-electron chi connectivity index (χ1n) is 12.2. The molecule has 9 nitrogen and oxygen atoms in total. The van der Waals surface area contributed by atoms with Gasteiger partial charge in [-0.3, -0.25) is 0 Å². The Morgan fingerprint density at radius 2 is 1.32 bits per heavy atom. The molecule has 2 heterocycles. The average molecular weight is 521 g/mol. The van der Waals surface area contributed by atoms with Gasteiger partial charge in [0.2, 0.25) is 0 Å². The monoisotopic (exact) mass is 520 g/mol. The zero-order valence-corrected chi connectivity index (χ0v) is 20.9. The molecule has 3 unspecified atom stereocenters. The lowest BCUT2D eigenvalue weighted by Crippen LogP contribution is -2.64. The molecule has 2 aliphatic heterocycles. The summed E-state index contributed by atoms with van der Waals surface area (Å²) in [5.41, 5.74) is 1.42. The van der Waals surface area contributed by atoms with Crippen molar-refractivity contribution in [2.75, 3.05) is 20.8 Å². The summed E-state index contributed by atoms with van der Waals surface area (Å²) in [7, 11) is 3.01. The molecule has 0 radical (unpaired) electrons. The molecule has 2 aliphatic rings. The van der Waals surface area contributed by atoms with E-state index in [0.29, 0.717) is 16.9 Å². The number of hydrogen-bond donors (Lipinski definition) is 0. The smallest absolute Gasteiger partial charge is 0.338 e. The van der Waals surface area contributed by atoms with E-state index in [1.165, 1.54) is 7.11 Å². The van der Waals surface area contributed by atoms with Gasteiger partial charge in [-0.15, -0.1) is 0 Å². The Hall–Kier alpha value is -3.76. The fourth-order valence-corrected chi connectivity index (χ4v) is 4.46. The lowest BCUT2D eigenvalue weighted by Gasteiger charge is -2.47. The minimum atomic E-state index is -1.11. The zero-order chi connectivity index (χ0) is 26.5. The minimum absolute atomic E-state index is 0.139. The first kappa shape index (κ1) is 25.9. The van der Waals surface area contributed by atoms with Crippen LogP contribution in [0.2, 0.25) is 0 Å². The summed E-state index contributed by atoms with van der Waals surface area (Å²) >= 11 is 0. The highest BCUT2D eigenvalue weighted by atomic mass is 16.8. The van der Waals surface area contributed by atoms with Gasteiger partial charge in [0, 0.05) is 12.7 Å². The maximum Gasteiger partial charge on any atom is 0.338 e. The number of carbonyl (C=O) groups is 2. The van der Waals surface area contributed by atoms with Crippen LogP contribution in [-0.2, 0) is 28.4 Å². The Kier molecular flexibility index (Phi) is 8.00. The molecular formula is C29H28O9. The fraction of sp³-hybridized carbons (Fsp3) is 0.310. The van der Waals surface area contributed by atoms with Crippen molar-refractivity contribution in [3.8, 4) is 5.75 Å². The van der Waals surface area contributed by atoms with Gasteiger partial charge in [0.05, 0.1) is 24.8 Å². The zero-order valence-electron chi connectivity index (χ0n) is 20.9. The molecule has 3 aromatic rings. The molecule has 0 aromatic heterocycles. The number of benzene rings is 3. The summed E-state index contributed by atoms with van der Waals surface area (Å²) < 4.78 is 40.9. The van der Waals surface area contributed by atoms with Crippen LogP contribution in [0.5, 0.6) is 5.75 Å². The van der Waals surface area contributed by atoms with Crippen LogP contribution in [0.25, 0.3) is 0 Å². The number of methoxy groups -OCH3 is 2. The van der Waals surface area contributed by atoms with E-state index >= 15 is 0 Å². The Morgan fingerprint density at radius 1 is 0.737 bits per heavy atom. The molecule has 0 bridgehead atoms. The first-order valence-corrected chi connectivity index (χ1v) is 12.2. The molecule has 9 heteroatoms. The predicted octanol–water partition coefficient (Wildman–Crippen LogP) is 3.93. The van der Waals surface area contributed by atoms with Crippen LogP contribution in [-0.4, -0.2) is 63.5 Å². The van der Waals surface area contributed by atoms with Gasteiger partial charge in [-0.1, -0.05) is 48.5 Å². The van der Waals surface area contributed by atoms with Gasteiger partial charge in [-0.2, -0.15) is 0 Å². The summed E-state index contributed by atoms with van der Waals surface area (Å²) in [6, 6.07) is 24.3. The van der Waals surface area contributed by atoms with E-state index < -0.39 is 48.9 Å². The number of ether oxygens (including phenoxy) is 7. The van der Waals surface area contributed by atoms with Crippen LogP contribution in [0.3, 0.4) is 0 Å². The maximum atomic E-state index is 13.2. The molecule has 0 amide bonds. The Morgan fingerprint density at radius 3 is 1.87 bits per heavy atom. The third-order valence-electron chi connectivity index (χ3n) is 6.41. The highest BCUT2D eigenvalue weighted by Crippen LogP contribution is 2.37. The summed E-state index contributed by atoms with van der Waals surface area (Å²) in [6.45, 7) is 0.139. The molecule has 0 saturated carbocycles. The van der Waals surface area contributed by atoms with Gasteiger partial charge in [0.1, 0.15) is 18.0 Å². The van der Waals surface area contributed by atoms with Gasteiger partial charge < -0.3 is 33.2 Å². The summed E-state index contributed by atoms with van der Waals surface area (Å²) in [5.74, 6) is -0.517. The second-order valence-corrected chi connectivity index (χ2v) is 8.79. The largest absolute Gasteiger partial charge is 0.497 e. The van der Waals surface area contributed by atoms with Crippen molar-refractivity contribution in [2.24, 2.45) is 0 Å². The molecule has 0 aliphatic carbocycles. The van der Waals surface area contributed by atoms with Crippen molar-refractivity contribution in [1.29, 1.82) is 0 Å². The third kappa shape index (κ3) is 5.56. The van der Waals surface area contributed by atoms with Crippen LogP contribution in [0.15, 0.2) is 84.9 Å². The van der Waals surface area contributed by atoms with E-state index in [9.17, 15) is 9.59 Å². The van der Waals surface area contributed by atoms with Crippen LogP contribution < -0.4 is 4.74 Å². The predicted molar refractivity (Wildman–Crippen MR) is 134 cm³/mol. The third-order valence-corrected chi connectivity index (χ3v) is 6.41. The molecule has 2 fully saturated rings. The van der Waals surface area contributed by atoms with Gasteiger partial charge in [-0.25, -0.2) is 9.59 Å². The molecular weight excluding hydrogens is 492 g/mol. The van der Waals surface area contributed by atoms with Gasteiger partial charge >= 0.3 is 11.9 Å². The highest BCUT2D eigenvalue weighted by molar-refractivity contribution is 5.90. The number of esters is 2. The molecule has 0 N–H and O–H groups in total. The van der Waals surface area contributed by atoms with Crippen molar-refractivity contribution in [2.45, 2.75) is 37.0 Å². The SMILES string of the molecule is COc1ccc(C2OCC3O[C@H](OC)C(OC(=O)c4ccccc4)[C@H](OC(=O)c4ccccc4)[C@H]3O2)cc1. The van der Waals surface area contributed by atoms with E-state index in [-0.39, 0.29) is 6.61 Å².